The molecule has 0 saturated carbocycles. The molecule has 19 heteroatoms. The number of ether oxygens (including phenoxy) is 1. The van der Waals surface area contributed by atoms with Crippen LogP contribution in [0.25, 0.3) is 0 Å². The summed E-state index contributed by atoms with van der Waals surface area (Å²) in [4.78, 5) is 82.6. The lowest BCUT2D eigenvalue weighted by Gasteiger charge is -2.19. The maximum Gasteiger partial charge on any atom is 0.335 e. The Bertz CT molecular complexity index is 2710. The first kappa shape index (κ1) is 42.7. The van der Waals surface area contributed by atoms with Crippen molar-refractivity contribution in [3.63, 3.8) is 0 Å². The summed E-state index contributed by atoms with van der Waals surface area (Å²) in [6.45, 7) is 4.56. The monoisotopic (exact) mass is 837 g/mol. The van der Waals surface area contributed by atoms with Crippen LogP contribution in [-0.2, 0) is 4.79 Å². The summed E-state index contributed by atoms with van der Waals surface area (Å²) in [5, 5.41) is 47.7. The number of carbonyl (C=O) groups excluding carboxylic acids is 5. The Kier molecular flexibility index (Phi) is 12.9. The number of phenolic OH excluding ortho intramolecular Hbond substituents is 1. The summed E-state index contributed by atoms with van der Waals surface area (Å²) < 4.78 is 5.79. The number of rotatable bonds is 14. The molecule has 7 N–H and O–H groups in total. The number of H-pyrrole nitrogens is 1. The van der Waals surface area contributed by atoms with Gasteiger partial charge in [0.2, 0.25) is 0 Å². The first-order valence-corrected chi connectivity index (χ1v) is 18.6. The Balaban J connectivity index is 1.12. The number of hydrogen-bond acceptors (Lipinski definition) is 11. The van der Waals surface area contributed by atoms with Gasteiger partial charge in [0.15, 0.2) is 23.4 Å². The van der Waals surface area contributed by atoms with Crippen LogP contribution < -0.4 is 35.8 Å². The largest absolute Gasteiger partial charge is 0.504 e. The molecular weight excluding hydrogens is 801 g/mol. The van der Waals surface area contributed by atoms with E-state index in [1.54, 1.807) is 20.8 Å². The van der Waals surface area contributed by atoms with Gasteiger partial charge in [-0.05, 0) is 116 Å². The molecule has 2 heterocycles. The normalized spacial score (nSPS) is 10.6. The topological polar surface area (TPSA) is 273 Å². The Morgan fingerprint density at radius 2 is 1.40 bits per heavy atom. The zero-order valence-corrected chi connectivity index (χ0v) is 33.2. The first-order chi connectivity index (χ1) is 29.7. The Morgan fingerprint density at radius 3 is 1.97 bits per heavy atom. The highest BCUT2D eigenvalue weighted by Gasteiger charge is 2.28. The van der Waals surface area contributed by atoms with E-state index in [4.69, 9.17) is 15.1 Å². The van der Waals surface area contributed by atoms with Crippen LogP contribution in [0.3, 0.4) is 0 Å². The number of aromatic hydroxyl groups is 1. The third kappa shape index (κ3) is 10.0. The van der Waals surface area contributed by atoms with Gasteiger partial charge in [0.1, 0.15) is 23.1 Å². The number of aromatic nitrogens is 4. The molecule has 0 bridgehead atoms. The molecule has 0 fully saturated rings. The first-order valence-electron chi connectivity index (χ1n) is 18.6. The van der Waals surface area contributed by atoms with Crippen molar-refractivity contribution in [2.45, 2.75) is 26.9 Å². The van der Waals surface area contributed by atoms with Crippen LogP contribution >= 0.6 is 0 Å². The van der Waals surface area contributed by atoms with E-state index in [0.717, 1.165) is 5.01 Å². The second-order valence-corrected chi connectivity index (χ2v) is 13.6. The average Bonchev–Trinajstić information content (AvgIpc) is 3.69. The van der Waals surface area contributed by atoms with E-state index in [1.807, 2.05) is 6.07 Å². The number of nitrogens with one attached hydrogen (secondary N) is 5. The molecule has 5 amide bonds. The number of carbonyl (C=O) groups is 6. The van der Waals surface area contributed by atoms with Gasteiger partial charge in [-0.15, -0.1) is 10.1 Å². The van der Waals surface area contributed by atoms with Crippen molar-refractivity contribution in [2.24, 2.45) is 0 Å². The summed E-state index contributed by atoms with van der Waals surface area (Å²) in [6.07, 6.45) is 2.30. The molecule has 4 aromatic carbocycles. The molecule has 0 atom stereocenters. The number of carboxylic acids is 1. The minimum Gasteiger partial charge on any atom is -0.504 e. The van der Waals surface area contributed by atoms with Crippen LogP contribution in [0.4, 0.5) is 22.7 Å². The summed E-state index contributed by atoms with van der Waals surface area (Å²) in [5.74, 6) is -4.95. The molecule has 312 valence electrons. The highest BCUT2D eigenvalue weighted by atomic mass is 16.5. The molecule has 19 nitrogen and oxygen atoms in total. The second-order valence-electron chi connectivity index (χ2n) is 13.6. The number of anilines is 4. The standard InChI is InChI=1S/C43H36N10O9/c1-24(2)62-38-34(19-17-33(37(38)55)41(58)49-31-14-10-29(11-15-31)43(60)61)50-42(59)35-18-16-32(22-45-35)52(53-25(3)21-47-51-53)36(54)23-46-39(56)27-8-12-30(13-9-27)48-40(57)28-6-4-26(20-44)5-7-28/h4-19,21-22,24H,23H2,1-3H3,(H6,46,48,49,50,55,56,57,58,59,60,61)/p+1. The fourth-order valence-corrected chi connectivity index (χ4v) is 5.75. The zero-order valence-electron chi connectivity index (χ0n) is 33.2. The summed E-state index contributed by atoms with van der Waals surface area (Å²) >= 11 is 0. The quantitative estimate of drug-likeness (QED) is 0.0750. The Labute approximate surface area is 352 Å². The van der Waals surface area contributed by atoms with Crippen molar-refractivity contribution >= 4 is 58.3 Å². The van der Waals surface area contributed by atoms with Crippen molar-refractivity contribution in [1.29, 1.82) is 5.26 Å². The smallest absolute Gasteiger partial charge is 0.335 e. The maximum atomic E-state index is 13.7. The number of aromatic amines is 1. The van der Waals surface area contributed by atoms with Crippen molar-refractivity contribution < 1.29 is 48.5 Å². The van der Waals surface area contributed by atoms with E-state index in [9.17, 15) is 33.9 Å². The zero-order chi connectivity index (χ0) is 44.5. The molecule has 62 heavy (non-hydrogen) atoms. The lowest BCUT2D eigenvalue weighted by molar-refractivity contribution is -0.738. The SMILES string of the molecule is Cc1c[nH]n[n+]1N(C(=O)CNC(=O)c1ccc(NC(=O)c2ccc(C#N)cc2)cc1)c1ccc(C(=O)Nc2ccc(C(=O)Nc3ccc(C(=O)O)cc3)c(O)c2OC(C)C)nc1. The number of hydrogen-bond donors (Lipinski definition) is 7. The fraction of sp³-hybridized carbons (Fsp3) is 0.116. The van der Waals surface area contributed by atoms with Gasteiger partial charge in [0, 0.05) is 29.4 Å². The summed E-state index contributed by atoms with van der Waals surface area (Å²) in [7, 11) is 0. The lowest BCUT2D eigenvalue weighted by Crippen LogP contribution is -2.62. The number of aromatic carboxylic acids is 1. The van der Waals surface area contributed by atoms with Gasteiger partial charge in [-0.3, -0.25) is 24.0 Å². The molecule has 0 unspecified atom stereocenters. The molecule has 0 spiro atoms. The van der Waals surface area contributed by atoms with E-state index in [-0.39, 0.29) is 45.2 Å². The second kappa shape index (κ2) is 18.8. The lowest BCUT2D eigenvalue weighted by atomic mass is 10.1. The highest BCUT2D eigenvalue weighted by molar-refractivity contribution is 6.09. The van der Waals surface area contributed by atoms with E-state index in [0.29, 0.717) is 22.5 Å². The number of nitriles is 1. The number of pyridine rings is 1. The average molecular weight is 838 g/mol. The van der Waals surface area contributed by atoms with Crippen LogP contribution in [0.2, 0.25) is 0 Å². The van der Waals surface area contributed by atoms with E-state index in [1.165, 1.54) is 114 Å². The number of benzene rings is 4. The Hall–Kier alpha value is -8.92. The number of amides is 5. The molecule has 0 aliphatic heterocycles. The molecule has 0 saturated heterocycles. The van der Waals surface area contributed by atoms with Crippen molar-refractivity contribution in [3.05, 3.63) is 149 Å². The van der Waals surface area contributed by atoms with Gasteiger partial charge in [0.25, 0.3) is 29.5 Å². The number of carboxylic acid groups (broad SMARTS) is 1. The fourth-order valence-electron chi connectivity index (χ4n) is 5.75. The summed E-state index contributed by atoms with van der Waals surface area (Å²) in [6, 6.07) is 24.9. The van der Waals surface area contributed by atoms with Crippen molar-refractivity contribution in [3.8, 4) is 17.6 Å². The highest BCUT2D eigenvalue weighted by Crippen LogP contribution is 2.39. The van der Waals surface area contributed by atoms with Gasteiger partial charge in [-0.25, -0.2) is 9.78 Å². The Morgan fingerprint density at radius 1 is 0.790 bits per heavy atom. The van der Waals surface area contributed by atoms with Crippen molar-refractivity contribution in [2.75, 3.05) is 27.5 Å². The van der Waals surface area contributed by atoms with Crippen LogP contribution in [0.5, 0.6) is 11.5 Å². The minimum atomic E-state index is -1.13. The predicted octanol–water partition coefficient (Wildman–Crippen LogP) is 4.45. The van der Waals surface area contributed by atoms with Crippen LogP contribution in [0.15, 0.2) is 109 Å². The van der Waals surface area contributed by atoms with E-state index >= 15 is 0 Å². The number of phenols is 1. The molecule has 2 aromatic heterocycles. The minimum absolute atomic E-state index is 0.0205. The molecule has 0 aliphatic carbocycles. The van der Waals surface area contributed by atoms with Crippen molar-refractivity contribution in [1.82, 2.24) is 20.6 Å². The molecule has 0 aliphatic rings. The van der Waals surface area contributed by atoms with E-state index < -0.39 is 53.9 Å². The van der Waals surface area contributed by atoms with Gasteiger partial charge in [-0.2, -0.15) is 5.26 Å². The van der Waals surface area contributed by atoms with Crippen LogP contribution in [-0.4, -0.2) is 73.7 Å². The van der Waals surface area contributed by atoms with E-state index in [2.05, 4.69) is 36.6 Å². The van der Waals surface area contributed by atoms with Crippen LogP contribution in [0.1, 0.15) is 77.0 Å². The maximum absolute atomic E-state index is 13.7. The summed E-state index contributed by atoms with van der Waals surface area (Å²) in [5.41, 5.74) is 2.11. The molecule has 0 radical (unpaired) electrons. The van der Waals surface area contributed by atoms with Gasteiger partial charge >= 0.3 is 5.97 Å². The molecule has 6 rings (SSSR count). The van der Waals surface area contributed by atoms with Crippen LogP contribution in [0, 0.1) is 18.3 Å². The van der Waals surface area contributed by atoms with Gasteiger partial charge in [0.05, 0.1) is 40.7 Å². The van der Waals surface area contributed by atoms with Gasteiger partial charge < -0.3 is 36.2 Å². The number of nitrogens with zero attached hydrogens (tertiary/aromatic N) is 5. The third-order valence-electron chi connectivity index (χ3n) is 8.84. The predicted molar refractivity (Wildman–Crippen MR) is 222 cm³/mol. The van der Waals surface area contributed by atoms with Gasteiger partial charge in [-0.1, -0.05) is 0 Å². The molecular formula is C43H37N10O9+. The third-order valence-corrected chi connectivity index (χ3v) is 8.84. The number of aryl methyl sites for hydroxylation is 1. The molecule has 6 aromatic rings.